The molecule has 1 aliphatic heterocycles. The Labute approximate surface area is 184 Å². The van der Waals surface area contributed by atoms with Crippen LogP contribution in [0.1, 0.15) is 21.7 Å². The van der Waals surface area contributed by atoms with Gasteiger partial charge in [-0.15, -0.1) is 11.3 Å². The van der Waals surface area contributed by atoms with Crippen LogP contribution in [0.3, 0.4) is 0 Å². The van der Waals surface area contributed by atoms with E-state index in [1.807, 2.05) is 35.7 Å². The van der Waals surface area contributed by atoms with E-state index in [0.29, 0.717) is 29.3 Å². The number of thiophene rings is 1. The van der Waals surface area contributed by atoms with Crippen molar-refractivity contribution >= 4 is 34.7 Å². The lowest BCUT2D eigenvalue weighted by atomic mass is 10.1. The van der Waals surface area contributed by atoms with E-state index in [1.54, 1.807) is 48.4 Å². The summed E-state index contributed by atoms with van der Waals surface area (Å²) in [5, 5.41) is 1.83. The second kappa shape index (κ2) is 9.14. The summed E-state index contributed by atoms with van der Waals surface area (Å²) in [4.78, 5) is 42.6. The fourth-order valence-electron chi connectivity index (χ4n) is 3.70. The number of amides is 3. The van der Waals surface area contributed by atoms with Crippen LogP contribution in [0.2, 0.25) is 0 Å². The molecule has 158 valence electrons. The van der Waals surface area contributed by atoms with Crippen molar-refractivity contribution in [3.63, 3.8) is 0 Å². The Morgan fingerprint density at radius 1 is 1.06 bits per heavy atom. The number of benzene rings is 2. The Balaban J connectivity index is 1.60. The van der Waals surface area contributed by atoms with Gasteiger partial charge < -0.3 is 9.64 Å². The van der Waals surface area contributed by atoms with Gasteiger partial charge >= 0.3 is 0 Å². The number of carbonyl (C=O) groups is 3. The standard InChI is InChI=1S/C24H22N2O4S/c1-30-19-11-9-18(10-12-19)26-22(27)16-20(23(26)28)25(24(29)21-8-5-15-31-21)14-13-17-6-3-2-4-7-17/h2-12,15,20H,13-14,16H2,1H3. The van der Waals surface area contributed by atoms with Crippen molar-refractivity contribution in [1.82, 2.24) is 4.90 Å². The molecule has 1 fully saturated rings. The summed E-state index contributed by atoms with van der Waals surface area (Å²) in [6.07, 6.45) is 0.565. The molecule has 31 heavy (non-hydrogen) atoms. The number of ether oxygens (including phenoxy) is 1. The van der Waals surface area contributed by atoms with Crippen LogP contribution < -0.4 is 9.64 Å². The minimum Gasteiger partial charge on any atom is -0.497 e. The predicted molar refractivity (Wildman–Crippen MR) is 119 cm³/mol. The minimum atomic E-state index is -0.826. The van der Waals surface area contributed by atoms with Gasteiger partial charge in [0.2, 0.25) is 5.91 Å². The van der Waals surface area contributed by atoms with Gasteiger partial charge in [0.05, 0.1) is 24.1 Å². The van der Waals surface area contributed by atoms with Crippen LogP contribution >= 0.6 is 11.3 Å². The average molecular weight is 435 g/mol. The zero-order valence-corrected chi connectivity index (χ0v) is 17.9. The molecule has 0 spiro atoms. The van der Waals surface area contributed by atoms with Gasteiger partial charge in [-0.2, -0.15) is 0 Å². The van der Waals surface area contributed by atoms with E-state index < -0.39 is 6.04 Å². The Kier molecular flexibility index (Phi) is 6.13. The zero-order chi connectivity index (χ0) is 21.8. The zero-order valence-electron chi connectivity index (χ0n) is 17.1. The van der Waals surface area contributed by atoms with Crippen LogP contribution in [0.5, 0.6) is 5.75 Å². The summed E-state index contributed by atoms with van der Waals surface area (Å²) < 4.78 is 5.15. The molecule has 0 bridgehead atoms. The minimum absolute atomic E-state index is 0.0310. The van der Waals surface area contributed by atoms with Gasteiger partial charge in [-0.25, -0.2) is 4.90 Å². The van der Waals surface area contributed by atoms with Gasteiger partial charge in [-0.3, -0.25) is 14.4 Å². The van der Waals surface area contributed by atoms with E-state index in [9.17, 15) is 14.4 Å². The fourth-order valence-corrected chi connectivity index (χ4v) is 4.38. The van der Waals surface area contributed by atoms with Crippen molar-refractivity contribution in [3.8, 4) is 5.75 Å². The Bertz CT molecular complexity index is 1060. The van der Waals surface area contributed by atoms with Gasteiger partial charge in [0.1, 0.15) is 11.8 Å². The highest BCUT2D eigenvalue weighted by atomic mass is 32.1. The summed E-state index contributed by atoms with van der Waals surface area (Å²) in [7, 11) is 1.55. The van der Waals surface area contributed by atoms with Crippen LogP contribution in [-0.2, 0) is 16.0 Å². The van der Waals surface area contributed by atoms with Gasteiger partial charge in [0.15, 0.2) is 0 Å². The summed E-state index contributed by atoms with van der Waals surface area (Å²) in [6, 6.07) is 19.3. The maximum atomic E-state index is 13.3. The Hall–Kier alpha value is -3.45. The second-order valence-corrected chi connectivity index (χ2v) is 8.14. The Morgan fingerprint density at radius 2 is 1.81 bits per heavy atom. The molecule has 1 aromatic heterocycles. The molecule has 1 atom stereocenters. The normalized spacial score (nSPS) is 15.9. The molecule has 2 heterocycles. The van der Waals surface area contributed by atoms with Crippen molar-refractivity contribution in [2.45, 2.75) is 18.9 Å². The molecule has 2 aromatic carbocycles. The smallest absolute Gasteiger partial charge is 0.264 e. The van der Waals surface area contributed by atoms with E-state index in [0.717, 1.165) is 5.56 Å². The quantitative estimate of drug-likeness (QED) is 0.531. The molecule has 6 nitrogen and oxygen atoms in total. The first kappa shape index (κ1) is 20.8. The molecule has 7 heteroatoms. The molecule has 0 N–H and O–H groups in total. The third-order valence-corrected chi connectivity index (χ3v) is 6.16. The van der Waals surface area contributed by atoms with Crippen molar-refractivity contribution in [3.05, 3.63) is 82.6 Å². The molecule has 1 saturated heterocycles. The number of methoxy groups -OCH3 is 1. The average Bonchev–Trinajstić information content (AvgIpc) is 3.43. The topological polar surface area (TPSA) is 66.9 Å². The van der Waals surface area contributed by atoms with E-state index in [1.165, 1.54) is 16.2 Å². The molecule has 1 aliphatic rings. The number of imide groups is 1. The van der Waals surface area contributed by atoms with E-state index in [-0.39, 0.29) is 24.1 Å². The van der Waals surface area contributed by atoms with Crippen LogP contribution in [0.15, 0.2) is 72.1 Å². The van der Waals surface area contributed by atoms with Crippen LogP contribution in [-0.4, -0.2) is 42.3 Å². The lowest BCUT2D eigenvalue weighted by Crippen LogP contribution is -2.46. The highest BCUT2D eigenvalue weighted by Crippen LogP contribution is 2.28. The summed E-state index contributed by atoms with van der Waals surface area (Å²) in [5.41, 5.74) is 1.54. The van der Waals surface area contributed by atoms with E-state index in [4.69, 9.17) is 4.74 Å². The monoisotopic (exact) mass is 434 g/mol. The third-order valence-electron chi connectivity index (χ3n) is 5.31. The number of carbonyl (C=O) groups excluding carboxylic acids is 3. The second-order valence-electron chi connectivity index (χ2n) is 7.20. The number of hydrogen-bond donors (Lipinski definition) is 0. The van der Waals surface area contributed by atoms with Gasteiger partial charge in [-0.05, 0) is 47.7 Å². The van der Waals surface area contributed by atoms with Crippen LogP contribution in [0.25, 0.3) is 0 Å². The number of anilines is 1. The molecule has 4 rings (SSSR count). The number of hydrogen-bond acceptors (Lipinski definition) is 5. The molecule has 1 unspecified atom stereocenters. The van der Waals surface area contributed by atoms with Gasteiger partial charge in [-0.1, -0.05) is 36.4 Å². The summed E-state index contributed by atoms with van der Waals surface area (Å²) >= 11 is 1.33. The van der Waals surface area contributed by atoms with Crippen LogP contribution in [0, 0.1) is 0 Å². The van der Waals surface area contributed by atoms with Gasteiger partial charge in [0.25, 0.3) is 11.8 Å². The maximum absolute atomic E-state index is 13.3. The predicted octanol–water partition coefficient (Wildman–Crippen LogP) is 3.77. The fraction of sp³-hybridized carbons (Fsp3) is 0.208. The molecular formula is C24H22N2O4S. The molecule has 3 amide bonds. The van der Waals surface area contributed by atoms with Crippen molar-refractivity contribution in [2.24, 2.45) is 0 Å². The first-order valence-electron chi connectivity index (χ1n) is 9.97. The van der Waals surface area contributed by atoms with E-state index in [2.05, 4.69) is 0 Å². The summed E-state index contributed by atoms with van der Waals surface area (Å²) in [6.45, 7) is 0.348. The summed E-state index contributed by atoms with van der Waals surface area (Å²) in [5.74, 6) is -0.289. The molecule has 3 aromatic rings. The Morgan fingerprint density at radius 3 is 2.45 bits per heavy atom. The number of nitrogens with zero attached hydrogens (tertiary/aromatic N) is 2. The first-order valence-corrected chi connectivity index (χ1v) is 10.9. The van der Waals surface area contributed by atoms with Crippen LogP contribution in [0.4, 0.5) is 5.69 Å². The maximum Gasteiger partial charge on any atom is 0.264 e. The highest BCUT2D eigenvalue weighted by molar-refractivity contribution is 7.12. The molecule has 0 saturated carbocycles. The lowest BCUT2D eigenvalue weighted by molar-refractivity contribution is -0.122. The van der Waals surface area contributed by atoms with E-state index >= 15 is 0 Å². The SMILES string of the molecule is COc1ccc(N2C(=O)CC(N(CCc3ccccc3)C(=O)c3cccs3)C2=O)cc1. The molecular weight excluding hydrogens is 412 g/mol. The molecule has 0 aliphatic carbocycles. The lowest BCUT2D eigenvalue weighted by Gasteiger charge is -2.27. The number of rotatable bonds is 7. The highest BCUT2D eigenvalue weighted by Gasteiger charge is 2.44. The largest absolute Gasteiger partial charge is 0.497 e. The van der Waals surface area contributed by atoms with Crippen molar-refractivity contribution in [2.75, 3.05) is 18.6 Å². The molecule has 0 radical (unpaired) electrons. The first-order chi connectivity index (χ1) is 15.1. The third kappa shape index (κ3) is 4.36. The van der Waals surface area contributed by atoms with Crippen molar-refractivity contribution in [1.29, 1.82) is 0 Å². The van der Waals surface area contributed by atoms with Crippen molar-refractivity contribution < 1.29 is 19.1 Å². The van der Waals surface area contributed by atoms with Gasteiger partial charge in [0, 0.05) is 6.54 Å².